The highest BCUT2D eigenvalue weighted by atomic mass is 16.5. The number of ether oxygens (including phenoxy) is 1. The van der Waals surface area contributed by atoms with Crippen LogP contribution >= 0.6 is 0 Å². The number of aromatic nitrogens is 1. The van der Waals surface area contributed by atoms with Gasteiger partial charge in [-0.25, -0.2) is 4.98 Å². The predicted molar refractivity (Wildman–Crippen MR) is 72.9 cm³/mol. The first kappa shape index (κ1) is 11.3. The first-order valence-electron chi connectivity index (χ1n) is 6.21. The minimum Gasteiger partial charge on any atom is -0.497 e. The largest absolute Gasteiger partial charge is 0.497 e. The number of hydrogen-bond acceptors (Lipinski definition) is 4. The second-order valence-electron chi connectivity index (χ2n) is 4.82. The van der Waals surface area contributed by atoms with Gasteiger partial charge in [-0.2, -0.15) is 0 Å². The van der Waals surface area contributed by atoms with Gasteiger partial charge in [0.1, 0.15) is 11.6 Å². The van der Waals surface area contributed by atoms with E-state index in [0.29, 0.717) is 12.1 Å². The molecule has 1 fully saturated rings. The molecule has 1 saturated carbocycles. The zero-order valence-electron chi connectivity index (χ0n) is 10.4. The molecular weight excluding hydrogens is 226 g/mol. The van der Waals surface area contributed by atoms with Gasteiger partial charge in [-0.3, -0.25) is 0 Å². The molecule has 0 bridgehead atoms. The fourth-order valence-corrected chi connectivity index (χ4v) is 2.36. The van der Waals surface area contributed by atoms with Gasteiger partial charge in [0.05, 0.1) is 7.11 Å². The summed E-state index contributed by atoms with van der Waals surface area (Å²) in [5.74, 6) is 1.77. The van der Waals surface area contributed by atoms with Crippen molar-refractivity contribution in [1.82, 2.24) is 4.98 Å². The van der Waals surface area contributed by atoms with Crippen LogP contribution < -0.4 is 15.8 Å². The van der Waals surface area contributed by atoms with Crippen molar-refractivity contribution in [2.45, 2.75) is 24.9 Å². The Morgan fingerprint density at radius 2 is 2.17 bits per heavy atom. The maximum Gasteiger partial charge on any atom is 0.134 e. The molecule has 3 rings (SSSR count). The number of nitrogens with one attached hydrogen (secondary N) is 1. The van der Waals surface area contributed by atoms with E-state index in [1.165, 1.54) is 0 Å². The monoisotopic (exact) mass is 243 g/mol. The van der Waals surface area contributed by atoms with Crippen molar-refractivity contribution in [2.75, 3.05) is 12.4 Å². The summed E-state index contributed by atoms with van der Waals surface area (Å²) in [5, 5.41) is 5.71. The molecule has 0 atom stereocenters. The van der Waals surface area contributed by atoms with Crippen LogP contribution in [0.1, 0.15) is 12.8 Å². The Kier molecular flexibility index (Phi) is 2.80. The molecule has 4 heteroatoms. The number of nitrogens with two attached hydrogens (primary N) is 1. The molecule has 0 radical (unpaired) electrons. The van der Waals surface area contributed by atoms with Gasteiger partial charge in [0.2, 0.25) is 0 Å². The lowest BCUT2D eigenvalue weighted by atomic mass is 9.87. The van der Waals surface area contributed by atoms with Crippen LogP contribution in [0.4, 0.5) is 5.82 Å². The minimum atomic E-state index is 0.340. The number of nitrogens with zero attached hydrogens (tertiary/aromatic N) is 1. The van der Waals surface area contributed by atoms with Gasteiger partial charge in [-0.1, -0.05) is 6.07 Å². The first-order valence-corrected chi connectivity index (χ1v) is 6.21. The minimum absolute atomic E-state index is 0.340. The lowest BCUT2D eigenvalue weighted by molar-refractivity contribution is 0.373. The van der Waals surface area contributed by atoms with E-state index < -0.39 is 0 Å². The molecule has 1 aromatic carbocycles. The van der Waals surface area contributed by atoms with Crippen molar-refractivity contribution in [3.05, 3.63) is 30.5 Å². The van der Waals surface area contributed by atoms with Gasteiger partial charge < -0.3 is 15.8 Å². The number of methoxy groups -OCH3 is 1. The van der Waals surface area contributed by atoms with Crippen LogP contribution in [0.5, 0.6) is 5.75 Å². The normalized spacial score (nSPS) is 22.6. The van der Waals surface area contributed by atoms with Crippen molar-refractivity contribution in [3.63, 3.8) is 0 Å². The van der Waals surface area contributed by atoms with E-state index >= 15 is 0 Å². The Balaban J connectivity index is 1.94. The SMILES string of the molecule is COc1ccc2ccnc(NC3CC(N)C3)c2c1. The fraction of sp³-hybridized carbons (Fsp3) is 0.357. The standard InChI is InChI=1S/C14H17N3O/c1-18-12-3-2-9-4-5-16-14(13(9)8-12)17-11-6-10(15)7-11/h2-5,8,10-11H,6-7,15H2,1H3,(H,16,17). The van der Waals surface area contributed by atoms with Gasteiger partial charge in [-0.05, 0) is 36.4 Å². The van der Waals surface area contributed by atoms with Crippen LogP contribution in [-0.4, -0.2) is 24.2 Å². The molecule has 0 aliphatic heterocycles. The van der Waals surface area contributed by atoms with E-state index in [9.17, 15) is 0 Å². The lowest BCUT2D eigenvalue weighted by Crippen LogP contribution is -2.44. The Morgan fingerprint density at radius 3 is 2.89 bits per heavy atom. The third-order valence-electron chi connectivity index (χ3n) is 3.49. The van der Waals surface area contributed by atoms with E-state index in [-0.39, 0.29) is 0 Å². The maximum absolute atomic E-state index is 5.80. The lowest BCUT2D eigenvalue weighted by Gasteiger charge is -2.33. The van der Waals surface area contributed by atoms with E-state index in [1.54, 1.807) is 7.11 Å². The first-order chi connectivity index (χ1) is 8.76. The van der Waals surface area contributed by atoms with E-state index in [2.05, 4.69) is 10.3 Å². The zero-order valence-corrected chi connectivity index (χ0v) is 10.4. The molecular formula is C14H17N3O. The molecule has 3 N–H and O–H groups in total. The van der Waals surface area contributed by atoms with Gasteiger partial charge >= 0.3 is 0 Å². The van der Waals surface area contributed by atoms with Crippen LogP contribution in [0.25, 0.3) is 10.8 Å². The summed E-state index contributed by atoms with van der Waals surface area (Å²) in [5.41, 5.74) is 5.80. The highest BCUT2D eigenvalue weighted by Crippen LogP contribution is 2.29. The Labute approximate surface area is 106 Å². The maximum atomic E-state index is 5.80. The summed E-state index contributed by atoms with van der Waals surface area (Å²) in [7, 11) is 1.68. The zero-order chi connectivity index (χ0) is 12.5. The molecule has 1 heterocycles. The van der Waals surface area contributed by atoms with Crippen LogP contribution in [0.2, 0.25) is 0 Å². The molecule has 1 aromatic heterocycles. The summed E-state index contributed by atoms with van der Waals surface area (Å²) in [6.45, 7) is 0. The number of benzene rings is 1. The second kappa shape index (κ2) is 4.46. The molecule has 94 valence electrons. The molecule has 0 amide bonds. The Bertz CT molecular complexity index is 564. The molecule has 0 unspecified atom stereocenters. The average Bonchev–Trinajstić information content (AvgIpc) is 2.37. The van der Waals surface area contributed by atoms with Crippen LogP contribution in [-0.2, 0) is 0 Å². The van der Waals surface area contributed by atoms with Crippen molar-refractivity contribution in [2.24, 2.45) is 5.73 Å². The molecule has 1 aliphatic rings. The number of pyridine rings is 1. The Morgan fingerprint density at radius 1 is 1.33 bits per heavy atom. The van der Waals surface area contributed by atoms with Crippen LogP contribution in [0, 0.1) is 0 Å². The summed E-state index contributed by atoms with van der Waals surface area (Å²) in [6.07, 6.45) is 3.86. The van der Waals surface area contributed by atoms with Gasteiger partial charge in [0, 0.05) is 23.7 Å². The molecule has 4 nitrogen and oxygen atoms in total. The number of fused-ring (bicyclic) bond motifs is 1. The van der Waals surface area contributed by atoms with Crippen molar-refractivity contribution in [3.8, 4) is 5.75 Å². The highest BCUT2D eigenvalue weighted by Gasteiger charge is 2.26. The van der Waals surface area contributed by atoms with E-state index in [1.807, 2.05) is 30.5 Å². The van der Waals surface area contributed by atoms with E-state index in [4.69, 9.17) is 10.5 Å². The molecule has 0 saturated heterocycles. The van der Waals surface area contributed by atoms with Gasteiger partial charge in [0.25, 0.3) is 0 Å². The average molecular weight is 243 g/mol. The molecule has 1 aliphatic carbocycles. The summed E-state index contributed by atoms with van der Waals surface area (Å²) in [6, 6.07) is 8.82. The van der Waals surface area contributed by atoms with Crippen LogP contribution in [0.3, 0.4) is 0 Å². The fourth-order valence-electron chi connectivity index (χ4n) is 2.36. The molecule has 2 aromatic rings. The topological polar surface area (TPSA) is 60.2 Å². The number of rotatable bonds is 3. The molecule has 0 spiro atoms. The molecule has 18 heavy (non-hydrogen) atoms. The van der Waals surface area contributed by atoms with Crippen molar-refractivity contribution >= 4 is 16.6 Å². The number of anilines is 1. The van der Waals surface area contributed by atoms with Gasteiger partial charge in [-0.15, -0.1) is 0 Å². The summed E-state index contributed by atoms with van der Waals surface area (Å²) < 4.78 is 5.26. The van der Waals surface area contributed by atoms with Crippen molar-refractivity contribution < 1.29 is 4.74 Å². The second-order valence-corrected chi connectivity index (χ2v) is 4.82. The smallest absolute Gasteiger partial charge is 0.134 e. The quantitative estimate of drug-likeness (QED) is 0.867. The predicted octanol–water partition coefficient (Wildman–Crippen LogP) is 2.14. The van der Waals surface area contributed by atoms with Gasteiger partial charge in [0.15, 0.2) is 0 Å². The third-order valence-corrected chi connectivity index (χ3v) is 3.49. The third kappa shape index (κ3) is 1.99. The van der Waals surface area contributed by atoms with Crippen LogP contribution in [0.15, 0.2) is 30.5 Å². The highest BCUT2D eigenvalue weighted by molar-refractivity contribution is 5.92. The summed E-state index contributed by atoms with van der Waals surface area (Å²) in [4.78, 5) is 4.42. The van der Waals surface area contributed by atoms with Crippen molar-refractivity contribution in [1.29, 1.82) is 0 Å². The number of hydrogen-bond donors (Lipinski definition) is 2. The Hall–Kier alpha value is -1.81. The van der Waals surface area contributed by atoms with E-state index in [0.717, 1.165) is 35.2 Å². The summed E-state index contributed by atoms with van der Waals surface area (Å²) >= 11 is 0.